The third-order valence-electron chi connectivity index (χ3n) is 2.68. The SMILES string of the molecule is COC(=O)CSc1ccc(CNC2CC2)cc1. The molecule has 0 unspecified atom stereocenters. The maximum absolute atomic E-state index is 11.0. The van der Waals surface area contributed by atoms with Crippen molar-refractivity contribution in [2.75, 3.05) is 12.9 Å². The summed E-state index contributed by atoms with van der Waals surface area (Å²) in [6, 6.07) is 9.06. The zero-order valence-corrected chi connectivity index (χ0v) is 10.8. The molecular formula is C13H17NO2S. The van der Waals surface area contributed by atoms with Crippen LogP contribution in [0.15, 0.2) is 29.2 Å². The van der Waals surface area contributed by atoms with E-state index in [1.54, 1.807) is 0 Å². The van der Waals surface area contributed by atoms with Crippen LogP contribution in [-0.2, 0) is 16.1 Å². The van der Waals surface area contributed by atoms with Gasteiger partial charge >= 0.3 is 5.97 Å². The van der Waals surface area contributed by atoms with Crippen molar-refractivity contribution in [1.29, 1.82) is 0 Å². The number of nitrogens with one attached hydrogen (secondary N) is 1. The van der Waals surface area contributed by atoms with Gasteiger partial charge in [-0.15, -0.1) is 11.8 Å². The first-order chi connectivity index (χ1) is 8.28. The fourth-order valence-corrected chi connectivity index (χ4v) is 2.19. The second-order valence-electron chi connectivity index (χ2n) is 4.16. The molecular weight excluding hydrogens is 234 g/mol. The Morgan fingerprint density at radius 2 is 2.12 bits per heavy atom. The highest BCUT2D eigenvalue weighted by atomic mass is 32.2. The second-order valence-corrected chi connectivity index (χ2v) is 5.21. The fraction of sp³-hybridized carbons (Fsp3) is 0.462. The summed E-state index contributed by atoms with van der Waals surface area (Å²) in [5.41, 5.74) is 1.29. The molecule has 0 radical (unpaired) electrons. The zero-order valence-electron chi connectivity index (χ0n) is 9.94. The molecule has 92 valence electrons. The molecule has 2 rings (SSSR count). The molecule has 0 aliphatic heterocycles. The molecule has 0 bridgehead atoms. The van der Waals surface area contributed by atoms with E-state index in [0.717, 1.165) is 17.5 Å². The second kappa shape index (κ2) is 6.07. The minimum atomic E-state index is -0.186. The molecule has 1 aromatic rings. The Labute approximate surface area is 106 Å². The van der Waals surface area contributed by atoms with E-state index in [2.05, 4.69) is 34.3 Å². The number of hydrogen-bond donors (Lipinski definition) is 1. The molecule has 0 heterocycles. The molecule has 0 spiro atoms. The van der Waals surface area contributed by atoms with Crippen LogP contribution in [0.25, 0.3) is 0 Å². The number of benzene rings is 1. The molecule has 1 aliphatic carbocycles. The van der Waals surface area contributed by atoms with Crippen LogP contribution in [0, 0.1) is 0 Å². The van der Waals surface area contributed by atoms with E-state index in [1.165, 1.54) is 37.3 Å². The zero-order chi connectivity index (χ0) is 12.1. The predicted molar refractivity (Wildman–Crippen MR) is 69.0 cm³/mol. The van der Waals surface area contributed by atoms with Crippen LogP contribution in [0.4, 0.5) is 0 Å². The molecule has 1 N–H and O–H groups in total. The van der Waals surface area contributed by atoms with Crippen LogP contribution in [0.5, 0.6) is 0 Å². The minimum absolute atomic E-state index is 0.186. The number of ether oxygens (including phenoxy) is 1. The number of rotatable bonds is 6. The molecule has 0 amide bonds. The van der Waals surface area contributed by atoms with Crippen LogP contribution in [-0.4, -0.2) is 24.9 Å². The number of carbonyl (C=O) groups excluding carboxylic acids is 1. The Hall–Kier alpha value is -1.00. The summed E-state index contributed by atoms with van der Waals surface area (Å²) >= 11 is 1.50. The lowest BCUT2D eigenvalue weighted by Crippen LogP contribution is -2.15. The first kappa shape index (κ1) is 12.5. The van der Waals surface area contributed by atoms with Gasteiger partial charge in [-0.05, 0) is 30.5 Å². The van der Waals surface area contributed by atoms with Gasteiger partial charge in [-0.2, -0.15) is 0 Å². The predicted octanol–water partition coefficient (Wildman–Crippen LogP) is 2.20. The summed E-state index contributed by atoms with van der Waals surface area (Å²) in [6.07, 6.45) is 2.63. The largest absolute Gasteiger partial charge is 0.468 e. The van der Waals surface area contributed by atoms with Gasteiger partial charge in [0.1, 0.15) is 0 Å². The number of carbonyl (C=O) groups is 1. The van der Waals surface area contributed by atoms with Crippen molar-refractivity contribution in [2.24, 2.45) is 0 Å². The van der Waals surface area contributed by atoms with E-state index in [-0.39, 0.29) is 5.97 Å². The molecule has 1 fully saturated rings. The smallest absolute Gasteiger partial charge is 0.315 e. The van der Waals surface area contributed by atoms with Crippen molar-refractivity contribution in [3.63, 3.8) is 0 Å². The summed E-state index contributed by atoms with van der Waals surface area (Å²) in [7, 11) is 1.41. The van der Waals surface area contributed by atoms with Crippen LogP contribution < -0.4 is 5.32 Å². The van der Waals surface area contributed by atoms with Gasteiger partial charge in [-0.3, -0.25) is 4.79 Å². The van der Waals surface area contributed by atoms with Crippen molar-refractivity contribution in [3.8, 4) is 0 Å². The summed E-state index contributed by atoms with van der Waals surface area (Å²) in [5, 5.41) is 3.47. The summed E-state index contributed by atoms with van der Waals surface area (Å²) < 4.78 is 4.60. The van der Waals surface area contributed by atoms with Crippen molar-refractivity contribution in [1.82, 2.24) is 5.32 Å². The van der Waals surface area contributed by atoms with Gasteiger partial charge in [0, 0.05) is 17.5 Å². The molecule has 4 heteroatoms. The Morgan fingerprint density at radius 3 is 2.71 bits per heavy atom. The van der Waals surface area contributed by atoms with E-state index < -0.39 is 0 Å². The van der Waals surface area contributed by atoms with E-state index in [4.69, 9.17) is 0 Å². The standard InChI is InChI=1S/C13H17NO2S/c1-16-13(15)9-17-12-6-2-10(3-7-12)8-14-11-4-5-11/h2-3,6-7,11,14H,4-5,8-9H2,1H3. The monoisotopic (exact) mass is 251 g/mol. The van der Waals surface area contributed by atoms with Crippen LogP contribution in [0.2, 0.25) is 0 Å². The summed E-state index contributed by atoms with van der Waals surface area (Å²) in [4.78, 5) is 12.1. The summed E-state index contributed by atoms with van der Waals surface area (Å²) in [5.74, 6) is 0.186. The maximum Gasteiger partial charge on any atom is 0.315 e. The lowest BCUT2D eigenvalue weighted by Gasteiger charge is -2.04. The summed E-state index contributed by atoms with van der Waals surface area (Å²) in [6.45, 7) is 0.937. The third-order valence-corrected chi connectivity index (χ3v) is 3.67. The first-order valence-corrected chi connectivity index (χ1v) is 6.78. The van der Waals surface area contributed by atoms with Gasteiger partial charge in [0.25, 0.3) is 0 Å². The number of thioether (sulfide) groups is 1. The Bertz CT molecular complexity index is 374. The fourth-order valence-electron chi connectivity index (χ4n) is 1.45. The average Bonchev–Trinajstić information content (AvgIpc) is 3.18. The van der Waals surface area contributed by atoms with E-state index in [9.17, 15) is 4.79 Å². The highest BCUT2D eigenvalue weighted by molar-refractivity contribution is 8.00. The van der Waals surface area contributed by atoms with Crippen molar-refractivity contribution < 1.29 is 9.53 Å². The van der Waals surface area contributed by atoms with Gasteiger partial charge in [0.05, 0.1) is 12.9 Å². The van der Waals surface area contributed by atoms with E-state index in [1.807, 2.05) is 0 Å². The number of hydrogen-bond acceptors (Lipinski definition) is 4. The van der Waals surface area contributed by atoms with Crippen LogP contribution in [0.3, 0.4) is 0 Å². The normalized spacial score (nSPS) is 14.6. The Balaban J connectivity index is 1.77. The third kappa shape index (κ3) is 4.40. The molecule has 1 saturated carbocycles. The molecule has 0 saturated heterocycles. The minimum Gasteiger partial charge on any atom is -0.468 e. The highest BCUT2D eigenvalue weighted by Crippen LogP contribution is 2.21. The Kier molecular flexibility index (Phi) is 4.45. The van der Waals surface area contributed by atoms with Gasteiger partial charge in [-0.1, -0.05) is 12.1 Å². The Morgan fingerprint density at radius 1 is 1.41 bits per heavy atom. The van der Waals surface area contributed by atoms with Crippen LogP contribution >= 0.6 is 11.8 Å². The molecule has 3 nitrogen and oxygen atoms in total. The number of methoxy groups -OCH3 is 1. The van der Waals surface area contributed by atoms with Crippen molar-refractivity contribution in [3.05, 3.63) is 29.8 Å². The number of esters is 1. The highest BCUT2D eigenvalue weighted by Gasteiger charge is 2.19. The van der Waals surface area contributed by atoms with E-state index in [0.29, 0.717) is 5.75 Å². The average molecular weight is 251 g/mol. The lowest BCUT2D eigenvalue weighted by molar-refractivity contribution is -0.137. The molecule has 1 aliphatic rings. The van der Waals surface area contributed by atoms with Gasteiger partial charge in [0.2, 0.25) is 0 Å². The van der Waals surface area contributed by atoms with Gasteiger partial charge in [0.15, 0.2) is 0 Å². The molecule has 17 heavy (non-hydrogen) atoms. The topological polar surface area (TPSA) is 38.3 Å². The molecule has 0 aromatic heterocycles. The van der Waals surface area contributed by atoms with Crippen LogP contribution in [0.1, 0.15) is 18.4 Å². The first-order valence-electron chi connectivity index (χ1n) is 5.80. The lowest BCUT2D eigenvalue weighted by atomic mass is 10.2. The van der Waals surface area contributed by atoms with Gasteiger partial charge in [-0.25, -0.2) is 0 Å². The van der Waals surface area contributed by atoms with Crippen molar-refractivity contribution in [2.45, 2.75) is 30.3 Å². The molecule has 0 atom stereocenters. The maximum atomic E-state index is 11.0. The van der Waals surface area contributed by atoms with E-state index >= 15 is 0 Å². The molecule has 1 aromatic carbocycles. The van der Waals surface area contributed by atoms with Crippen molar-refractivity contribution >= 4 is 17.7 Å². The van der Waals surface area contributed by atoms with Gasteiger partial charge < -0.3 is 10.1 Å². The quantitative estimate of drug-likeness (QED) is 0.621.